The molecule has 34 heavy (non-hydrogen) atoms. The molecule has 0 unspecified atom stereocenters. The molecule has 172 valence electrons. The average molecular weight is 477 g/mol. The molecule has 0 atom stereocenters. The molecular formula is C26H21ClN2O5. The van der Waals surface area contributed by atoms with Crippen LogP contribution in [-0.4, -0.2) is 32.5 Å². The van der Waals surface area contributed by atoms with Crippen LogP contribution in [-0.2, 0) is 4.79 Å². The van der Waals surface area contributed by atoms with E-state index in [1.54, 1.807) is 66.7 Å². The van der Waals surface area contributed by atoms with Gasteiger partial charge in [-0.1, -0.05) is 41.9 Å². The Morgan fingerprint density at radius 2 is 1.79 bits per heavy atom. The number of ether oxygens (including phenoxy) is 3. The predicted molar refractivity (Wildman–Crippen MR) is 129 cm³/mol. The molecule has 0 spiro atoms. The number of hydrogen-bond acceptors (Lipinski definition) is 6. The zero-order valence-electron chi connectivity index (χ0n) is 18.5. The van der Waals surface area contributed by atoms with Crippen molar-refractivity contribution >= 4 is 35.1 Å². The van der Waals surface area contributed by atoms with Crippen molar-refractivity contribution in [2.75, 3.05) is 26.1 Å². The minimum absolute atomic E-state index is 0.0527. The summed E-state index contributed by atoms with van der Waals surface area (Å²) in [5.74, 6) is 0.355. The lowest BCUT2D eigenvalue weighted by atomic mass is 10.0. The molecule has 0 saturated heterocycles. The number of Topliss-reactive ketones (excluding diaryl/α,β-unsaturated/α-hetero) is 1. The quantitative estimate of drug-likeness (QED) is 0.260. The molecule has 0 aliphatic carbocycles. The van der Waals surface area contributed by atoms with E-state index in [1.807, 2.05) is 6.07 Å². The number of para-hydroxylation sites is 1. The Hall–Kier alpha value is -4.28. The van der Waals surface area contributed by atoms with E-state index in [9.17, 15) is 14.9 Å². The van der Waals surface area contributed by atoms with Crippen LogP contribution in [0.3, 0.4) is 0 Å². The Bertz CT molecular complexity index is 1280. The molecule has 3 aromatic carbocycles. The summed E-state index contributed by atoms with van der Waals surface area (Å²) in [5, 5.41) is 12.6. The average Bonchev–Trinajstić information content (AvgIpc) is 2.87. The second-order valence-corrected chi connectivity index (χ2v) is 7.37. The summed E-state index contributed by atoms with van der Waals surface area (Å²) in [6.07, 6.45) is 1.46. The minimum atomic E-state index is -0.433. The van der Waals surface area contributed by atoms with Crippen molar-refractivity contribution in [2.24, 2.45) is 0 Å². The van der Waals surface area contributed by atoms with Crippen molar-refractivity contribution in [3.63, 3.8) is 0 Å². The van der Waals surface area contributed by atoms with Crippen LogP contribution in [0.2, 0.25) is 5.02 Å². The number of carbonyl (C=O) groups excluding carboxylic acids is 2. The van der Waals surface area contributed by atoms with Gasteiger partial charge in [0, 0.05) is 5.56 Å². The van der Waals surface area contributed by atoms with Crippen molar-refractivity contribution in [3.8, 4) is 23.3 Å². The minimum Gasteiger partial charge on any atom is -0.497 e. The third kappa shape index (κ3) is 6.15. The van der Waals surface area contributed by atoms with E-state index in [4.69, 9.17) is 25.8 Å². The van der Waals surface area contributed by atoms with Gasteiger partial charge in [-0.05, 0) is 48.0 Å². The Morgan fingerprint density at radius 3 is 2.50 bits per heavy atom. The highest BCUT2D eigenvalue weighted by molar-refractivity contribution is 6.33. The maximum Gasteiger partial charge on any atom is 0.262 e. The molecule has 0 heterocycles. The molecule has 0 fully saturated rings. The van der Waals surface area contributed by atoms with Crippen molar-refractivity contribution in [3.05, 3.63) is 88.5 Å². The lowest BCUT2D eigenvalue weighted by Crippen LogP contribution is -2.20. The first kappa shape index (κ1) is 24.4. The summed E-state index contributed by atoms with van der Waals surface area (Å²) in [4.78, 5) is 25.0. The van der Waals surface area contributed by atoms with Gasteiger partial charge in [-0.25, -0.2) is 0 Å². The van der Waals surface area contributed by atoms with E-state index in [1.165, 1.54) is 20.3 Å². The number of rotatable bonds is 9. The van der Waals surface area contributed by atoms with Crippen LogP contribution in [0.15, 0.2) is 72.3 Å². The van der Waals surface area contributed by atoms with E-state index < -0.39 is 11.7 Å². The summed E-state index contributed by atoms with van der Waals surface area (Å²) in [6.45, 7) is -0.269. The molecule has 0 bridgehead atoms. The molecule has 1 amide bonds. The third-order valence-corrected chi connectivity index (χ3v) is 5.03. The summed E-state index contributed by atoms with van der Waals surface area (Å²) in [7, 11) is 2.95. The van der Waals surface area contributed by atoms with Crippen molar-refractivity contribution < 1.29 is 23.8 Å². The molecule has 8 heteroatoms. The van der Waals surface area contributed by atoms with Crippen LogP contribution in [0.25, 0.3) is 6.08 Å². The highest BCUT2D eigenvalue weighted by Crippen LogP contribution is 2.29. The van der Waals surface area contributed by atoms with Gasteiger partial charge < -0.3 is 19.5 Å². The molecule has 3 aromatic rings. The highest BCUT2D eigenvalue weighted by Gasteiger charge is 2.14. The molecule has 0 saturated carbocycles. The number of nitrogens with one attached hydrogen (secondary N) is 1. The third-order valence-electron chi connectivity index (χ3n) is 4.70. The summed E-state index contributed by atoms with van der Waals surface area (Å²) >= 11 is 6.05. The molecule has 0 aromatic heterocycles. The number of ketones is 1. The van der Waals surface area contributed by atoms with Crippen LogP contribution in [0.4, 0.5) is 5.69 Å². The Morgan fingerprint density at radius 1 is 1.00 bits per heavy atom. The lowest BCUT2D eigenvalue weighted by molar-refractivity contribution is -0.118. The smallest absolute Gasteiger partial charge is 0.262 e. The molecule has 3 rings (SSSR count). The van der Waals surface area contributed by atoms with E-state index in [0.29, 0.717) is 39.1 Å². The van der Waals surface area contributed by atoms with Gasteiger partial charge in [0.15, 0.2) is 18.1 Å². The second-order valence-electron chi connectivity index (χ2n) is 6.96. The normalized spacial score (nSPS) is 10.7. The van der Waals surface area contributed by atoms with Gasteiger partial charge in [0.05, 0.1) is 24.9 Å². The number of carbonyl (C=O) groups is 2. The fourth-order valence-corrected chi connectivity index (χ4v) is 3.20. The first-order chi connectivity index (χ1) is 16.4. The fraction of sp³-hybridized carbons (Fsp3) is 0.115. The van der Waals surface area contributed by atoms with Crippen LogP contribution in [0.1, 0.15) is 15.9 Å². The monoisotopic (exact) mass is 476 g/mol. The van der Waals surface area contributed by atoms with Gasteiger partial charge in [0.1, 0.15) is 17.4 Å². The Kier molecular flexibility index (Phi) is 8.27. The van der Waals surface area contributed by atoms with Crippen LogP contribution in [0.5, 0.6) is 17.2 Å². The van der Waals surface area contributed by atoms with Crippen LogP contribution in [0, 0.1) is 11.3 Å². The summed E-state index contributed by atoms with van der Waals surface area (Å²) in [5.41, 5.74) is 1.32. The zero-order chi connectivity index (χ0) is 24.5. The van der Waals surface area contributed by atoms with Crippen LogP contribution < -0.4 is 19.5 Å². The number of nitrogens with zero attached hydrogens (tertiary/aromatic N) is 1. The maximum absolute atomic E-state index is 12.8. The van der Waals surface area contributed by atoms with E-state index in [2.05, 4.69) is 5.32 Å². The van der Waals surface area contributed by atoms with Crippen LogP contribution >= 0.6 is 11.6 Å². The van der Waals surface area contributed by atoms with Gasteiger partial charge in [-0.3, -0.25) is 9.59 Å². The number of methoxy groups -OCH3 is 2. The molecule has 0 aliphatic heterocycles. The number of nitriles is 1. The van der Waals surface area contributed by atoms with Gasteiger partial charge in [-0.15, -0.1) is 0 Å². The Labute approximate surface area is 202 Å². The number of anilines is 1. The maximum atomic E-state index is 12.8. The molecule has 7 nitrogen and oxygen atoms in total. The fourth-order valence-electron chi connectivity index (χ4n) is 3.02. The number of amides is 1. The standard InChI is InChI=1S/C26H21ClN2O5/c1-32-20-7-5-6-18(14-20)26(31)19(15-28)12-17-10-11-23(24(13-17)33-2)34-16-25(30)29-22-9-4-3-8-21(22)27/h3-14H,16H2,1-2H3,(H,29,30)/b19-12-. The van der Waals surface area contributed by atoms with E-state index >= 15 is 0 Å². The molecule has 0 radical (unpaired) electrons. The molecular weight excluding hydrogens is 456 g/mol. The lowest BCUT2D eigenvalue weighted by Gasteiger charge is -2.12. The topological polar surface area (TPSA) is 97.7 Å². The van der Waals surface area contributed by atoms with Crippen molar-refractivity contribution in [2.45, 2.75) is 0 Å². The number of allylic oxidation sites excluding steroid dienone is 1. The first-order valence-electron chi connectivity index (χ1n) is 10.1. The Balaban J connectivity index is 1.73. The van der Waals surface area contributed by atoms with E-state index in [0.717, 1.165) is 0 Å². The highest BCUT2D eigenvalue weighted by atomic mass is 35.5. The number of hydrogen-bond donors (Lipinski definition) is 1. The van der Waals surface area contributed by atoms with Gasteiger partial charge in [-0.2, -0.15) is 5.26 Å². The SMILES string of the molecule is COc1cccc(C(=O)/C(C#N)=C\c2ccc(OCC(=O)Nc3ccccc3Cl)c(OC)c2)c1. The van der Waals surface area contributed by atoms with Crippen molar-refractivity contribution in [1.29, 1.82) is 5.26 Å². The molecule has 1 N–H and O–H groups in total. The zero-order valence-corrected chi connectivity index (χ0v) is 19.3. The molecule has 0 aliphatic rings. The van der Waals surface area contributed by atoms with Crippen molar-refractivity contribution in [1.82, 2.24) is 0 Å². The largest absolute Gasteiger partial charge is 0.497 e. The van der Waals surface area contributed by atoms with Gasteiger partial charge >= 0.3 is 0 Å². The summed E-state index contributed by atoms with van der Waals surface area (Å²) in [6, 6.07) is 20.2. The number of benzene rings is 3. The number of halogens is 1. The van der Waals surface area contributed by atoms with E-state index in [-0.39, 0.29) is 12.2 Å². The second kappa shape index (κ2) is 11.5. The van der Waals surface area contributed by atoms with Gasteiger partial charge in [0.25, 0.3) is 5.91 Å². The predicted octanol–water partition coefficient (Wildman–Crippen LogP) is 5.16. The first-order valence-corrected chi connectivity index (χ1v) is 10.5. The summed E-state index contributed by atoms with van der Waals surface area (Å²) < 4.78 is 16.1. The van der Waals surface area contributed by atoms with Gasteiger partial charge in [0.2, 0.25) is 5.78 Å².